The third-order valence-electron chi connectivity index (χ3n) is 9.22. The number of anilines is 2. The number of pyridine rings is 2. The number of fused-ring (bicyclic) bond motifs is 1. The molecule has 1 aliphatic carbocycles. The highest BCUT2D eigenvalue weighted by atomic mass is 16.5. The van der Waals surface area contributed by atoms with Gasteiger partial charge in [-0.25, -0.2) is 19.3 Å². The van der Waals surface area contributed by atoms with Crippen molar-refractivity contribution in [3.63, 3.8) is 0 Å². The van der Waals surface area contributed by atoms with Crippen molar-refractivity contribution < 1.29 is 14.3 Å². The Kier molecular flexibility index (Phi) is 12.9. The quantitative estimate of drug-likeness (QED) is 0.200. The van der Waals surface area contributed by atoms with Crippen LogP contribution < -0.4 is 15.1 Å². The smallest absolute Gasteiger partial charge is 0.356 e. The molecule has 0 radical (unpaired) electrons. The predicted molar refractivity (Wildman–Crippen MR) is 188 cm³/mol. The van der Waals surface area contributed by atoms with Gasteiger partial charge in [0.05, 0.1) is 19.0 Å². The lowest BCUT2D eigenvalue weighted by atomic mass is 9.60. The molecule has 1 atom stereocenters. The predicted octanol–water partition coefficient (Wildman–Crippen LogP) is 6.25. The summed E-state index contributed by atoms with van der Waals surface area (Å²) in [7, 11) is 3.44. The number of aryl methyl sites for hydroxylation is 1. The van der Waals surface area contributed by atoms with Gasteiger partial charge in [0.1, 0.15) is 5.82 Å². The molecule has 2 aliphatic heterocycles. The third kappa shape index (κ3) is 9.16. The number of piperidine rings is 1. The van der Waals surface area contributed by atoms with Crippen LogP contribution in [-0.2, 0) is 4.74 Å². The minimum atomic E-state index is -0.374. The van der Waals surface area contributed by atoms with E-state index in [4.69, 9.17) is 4.74 Å². The number of nitrogens with zero attached hydrogens (tertiary/aromatic N) is 6. The minimum Gasteiger partial charge on any atom is -0.464 e. The van der Waals surface area contributed by atoms with Crippen LogP contribution in [0, 0.1) is 18.3 Å². The minimum absolute atomic E-state index is 0.241. The van der Waals surface area contributed by atoms with Crippen molar-refractivity contribution in [2.45, 2.75) is 65.8 Å². The molecule has 4 aromatic rings. The van der Waals surface area contributed by atoms with E-state index in [0.717, 1.165) is 54.8 Å². The average molecular weight is 642 g/mol. The van der Waals surface area contributed by atoms with Crippen molar-refractivity contribution in [3.05, 3.63) is 83.9 Å². The van der Waals surface area contributed by atoms with E-state index in [0.29, 0.717) is 23.4 Å². The van der Waals surface area contributed by atoms with Crippen LogP contribution in [-0.4, -0.2) is 78.2 Å². The fraction of sp³-hybridized carbons (Fsp3) is 0.486. The monoisotopic (exact) mass is 641 g/mol. The Hall–Kier alpha value is -4.31. The Morgan fingerprint density at radius 2 is 1.64 bits per heavy atom. The third-order valence-corrected chi connectivity index (χ3v) is 9.22. The molecule has 3 fully saturated rings. The molecule has 0 bridgehead atoms. The van der Waals surface area contributed by atoms with Crippen LogP contribution in [0.25, 0.3) is 5.65 Å². The van der Waals surface area contributed by atoms with Gasteiger partial charge in [0, 0.05) is 32.2 Å². The van der Waals surface area contributed by atoms with Crippen LogP contribution in [0.4, 0.5) is 11.5 Å². The second-order valence-corrected chi connectivity index (χ2v) is 12.5. The van der Waals surface area contributed by atoms with Gasteiger partial charge in [0.2, 0.25) is 5.82 Å². The lowest BCUT2D eigenvalue weighted by molar-refractivity contribution is 0.0561. The first-order chi connectivity index (χ1) is 22.8. The molecular weight excluding hydrogens is 590 g/mol. The number of esters is 1. The number of aromatic nitrogens is 4. The zero-order valence-corrected chi connectivity index (χ0v) is 28.9. The molecule has 47 heavy (non-hydrogen) atoms. The summed E-state index contributed by atoms with van der Waals surface area (Å²) in [6.07, 6.45) is 8.91. The molecule has 252 valence electrons. The maximum Gasteiger partial charge on any atom is 0.356 e. The number of nitrogens with one attached hydrogen (secondary N) is 1. The number of rotatable bonds is 5. The van der Waals surface area contributed by atoms with E-state index < -0.39 is 0 Å². The van der Waals surface area contributed by atoms with Crippen LogP contribution in [0.1, 0.15) is 79.5 Å². The normalized spacial score (nSPS) is 18.1. The number of hydrogen-bond donors (Lipinski definition) is 1. The number of carbonyl (C=O) groups is 2. The molecule has 10 nitrogen and oxygen atoms in total. The molecule has 1 spiro atoms. The topological polar surface area (TPSA) is 105 Å². The van der Waals surface area contributed by atoms with Crippen molar-refractivity contribution >= 4 is 29.4 Å². The number of ether oxygens (including phenoxy) is 1. The summed E-state index contributed by atoms with van der Waals surface area (Å²) in [5, 5.41) is 7.52. The van der Waals surface area contributed by atoms with E-state index in [2.05, 4.69) is 50.2 Å². The standard InChI is InChI=1S/C16H23N3O2.C13H16N4O.C6H6.C2H6/c1-17-12-10-16(11-12)6-8-19(9-7-16)14-5-3-4-13(18-14)15(20)21-2;1-9-3-4-16(6-9)11-5-10(2)13-14-12(8-18)15-17(13)7-11;1-2-4-6-5-3-1;1-2/h3-5,12,17H,6-11H2,1-2H3;5,7-9H,3-4,6H2,1-2H3;1-6H;1-2H3. The highest BCUT2D eigenvalue weighted by Crippen LogP contribution is 2.49. The molecule has 1 N–H and O–H groups in total. The Balaban J connectivity index is 0.000000174. The second-order valence-electron chi connectivity index (χ2n) is 12.5. The molecule has 1 saturated carbocycles. The first-order valence-corrected chi connectivity index (χ1v) is 16.9. The molecule has 0 amide bonds. The summed E-state index contributed by atoms with van der Waals surface area (Å²) in [5.74, 6) is 1.49. The van der Waals surface area contributed by atoms with Crippen molar-refractivity contribution in [1.82, 2.24) is 24.9 Å². The molecule has 2 saturated heterocycles. The van der Waals surface area contributed by atoms with Gasteiger partial charge in [-0.15, -0.1) is 5.10 Å². The first-order valence-electron chi connectivity index (χ1n) is 16.9. The molecule has 1 aromatic carbocycles. The fourth-order valence-corrected chi connectivity index (χ4v) is 6.55. The number of aldehydes is 1. The van der Waals surface area contributed by atoms with E-state index in [1.54, 1.807) is 10.6 Å². The van der Waals surface area contributed by atoms with Gasteiger partial charge in [-0.2, -0.15) is 0 Å². The van der Waals surface area contributed by atoms with Crippen molar-refractivity contribution in [1.29, 1.82) is 0 Å². The Morgan fingerprint density at radius 1 is 0.979 bits per heavy atom. The maximum absolute atomic E-state index is 11.6. The van der Waals surface area contributed by atoms with Gasteiger partial charge in [-0.1, -0.05) is 63.2 Å². The first kappa shape index (κ1) is 35.5. The lowest BCUT2D eigenvalue weighted by Crippen LogP contribution is -2.53. The zero-order valence-electron chi connectivity index (χ0n) is 28.9. The van der Waals surface area contributed by atoms with Crippen molar-refractivity contribution in [3.8, 4) is 0 Å². The Bertz CT molecular complexity index is 1530. The summed E-state index contributed by atoms with van der Waals surface area (Å²) in [4.78, 5) is 35.5. The Labute approximate surface area is 279 Å². The summed E-state index contributed by atoms with van der Waals surface area (Å²) in [6.45, 7) is 12.5. The van der Waals surface area contributed by atoms with Gasteiger partial charge in [0.25, 0.3) is 0 Å². The van der Waals surface area contributed by atoms with Gasteiger partial charge in [-0.05, 0) is 81.2 Å². The van der Waals surface area contributed by atoms with Crippen LogP contribution in [0.5, 0.6) is 0 Å². The largest absolute Gasteiger partial charge is 0.464 e. The SMILES string of the molecule is CC.CNC1CC2(CCN(c3cccc(C(=O)OC)n3)CC2)C1.Cc1cc(N2CCC(C)C2)cn2nc(C=O)nc12.c1ccccc1. The number of carbonyl (C=O) groups excluding carboxylic acids is 2. The molecule has 5 heterocycles. The van der Waals surface area contributed by atoms with Gasteiger partial charge >= 0.3 is 5.97 Å². The number of hydrogen-bond acceptors (Lipinski definition) is 9. The second kappa shape index (κ2) is 17.0. The molecule has 10 heteroatoms. The number of benzene rings is 1. The van der Waals surface area contributed by atoms with Gasteiger partial charge in [-0.3, -0.25) is 4.79 Å². The highest BCUT2D eigenvalue weighted by molar-refractivity contribution is 5.87. The fourth-order valence-electron chi connectivity index (χ4n) is 6.55. The summed E-state index contributed by atoms with van der Waals surface area (Å²) < 4.78 is 6.44. The van der Waals surface area contributed by atoms with Crippen molar-refractivity contribution in [2.75, 3.05) is 50.1 Å². The van der Waals surface area contributed by atoms with E-state index in [-0.39, 0.29) is 11.8 Å². The van der Waals surface area contributed by atoms with Gasteiger partial charge in [0.15, 0.2) is 17.6 Å². The van der Waals surface area contributed by atoms with E-state index in [1.165, 1.54) is 39.2 Å². The summed E-state index contributed by atoms with van der Waals surface area (Å²) >= 11 is 0. The molecular formula is C37H51N7O3. The maximum atomic E-state index is 11.6. The van der Waals surface area contributed by atoms with E-state index >= 15 is 0 Å². The summed E-state index contributed by atoms with van der Waals surface area (Å²) in [5.41, 5.74) is 3.89. The van der Waals surface area contributed by atoms with Gasteiger partial charge < -0.3 is 19.9 Å². The van der Waals surface area contributed by atoms with Crippen LogP contribution in [0.3, 0.4) is 0 Å². The highest BCUT2D eigenvalue weighted by Gasteiger charge is 2.45. The molecule has 7 rings (SSSR count). The molecule has 3 aliphatic rings. The average Bonchev–Trinajstić information content (AvgIpc) is 3.75. The Morgan fingerprint density at radius 3 is 2.19 bits per heavy atom. The summed E-state index contributed by atoms with van der Waals surface area (Å²) in [6, 6.07) is 20.4. The van der Waals surface area contributed by atoms with Crippen LogP contribution >= 0.6 is 0 Å². The van der Waals surface area contributed by atoms with Crippen molar-refractivity contribution in [2.24, 2.45) is 11.3 Å². The van der Waals surface area contributed by atoms with Crippen LogP contribution in [0.2, 0.25) is 0 Å². The van der Waals surface area contributed by atoms with Crippen LogP contribution in [0.15, 0.2) is 66.9 Å². The number of methoxy groups -OCH3 is 1. The molecule has 3 aromatic heterocycles. The molecule has 1 unspecified atom stereocenters. The lowest BCUT2D eigenvalue weighted by Gasteiger charge is -2.52. The zero-order chi connectivity index (χ0) is 33.8. The van der Waals surface area contributed by atoms with E-state index in [9.17, 15) is 9.59 Å². The van der Waals surface area contributed by atoms with E-state index in [1.807, 2.05) is 75.5 Å².